The average Bonchev–Trinajstić information content (AvgIpc) is 3.19. The minimum atomic E-state index is -0.447. The number of hydrogen-bond donors (Lipinski definition) is 0. The largest absolute Gasteiger partial charge is 0.351 e. The maximum absolute atomic E-state index is 12.5. The van der Waals surface area contributed by atoms with Gasteiger partial charge in [0.2, 0.25) is 5.78 Å². The van der Waals surface area contributed by atoms with Crippen LogP contribution in [-0.2, 0) is 18.9 Å². The molecule has 0 aliphatic heterocycles. The molecule has 2 aromatic heterocycles. The Morgan fingerprint density at radius 3 is 1.45 bits per heavy atom. The van der Waals surface area contributed by atoms with Gasteiger partial charge in [-0.3, -0.25) is 4.79 Å². The van der Waals surface area contributed by atoms with Gasteiger partial charge in [0, 0.05) is 28.4 Å². The number of ether oxygens (including phenoxy) is 4. The number of carbonyl (C=O) groups excluding carboxylic acids is 1. The van der Waals surface area contributed by atoms with Crippen molar-refractivity contribution in [3.8, 4) is 0 Å². The Bertz CT molecular complexity index is 559. The van der Waals surface area contributed by atoms with Crippen molar-refractivity contribution in [1.82, 2.24) is 0 Å². The van der Waals surface area contributed by atoms with Crippen molar-refractivity contribution in [3.05, 3.63) is 43.8 Å². The highest BCUT2D eigenvalue weighted by Crippen LogP contribution is 2.31. The van der Waals surface area contributed by atoms with E-state index in [2.05, 4.69) is 0 Å². The van der Waals surface area contributed by atoms with Crippen LogP contribution in [0.2, 0.25) is 0 Å². The Labute approximate surface area is 137 Å². The van der Waals surface area contributed by atoms with Gasteiger partial charge in [-0.25, -0.2) is 0 Å². The van der Waals surface area contributed by atoms with E-state index in [4.69, 9.17) is 18.9 Å². The lowest BCUT2D eigenvalue weighted by Gasteiger charge is -2.10. The van der Waals surface area contributed by atoms with Crippen LogP contribution in [0.25, 0.3) is 0 Å². The molecule has 0 atom stereocenters. The smallest absolute Gasteiger partial charge is 0.212 e. The van der Waals surface area contributed by atoms with E-state index in [-0.39, 0.29) is 5.78 Å². The fourth-order valence-electron chi connectivity index (χ4n) is 1.98. The molecule has 0 aliphatic rings. The maximum atomic E-state index is 12.5. The summed E-state index contributed by atoms with van der Waals surface area (Å²) in [6, 6.07) is 7.27. The summed E-state index contributed by atoms with van der Waals surface area (Å²) in [6.45, 7) is 0. The zero-order chi connectivity index (χ0) is 16.1. The minimum Gasteiger partial charge on any atom is -0.351 e. The lowest BCUT2D eigenvalue weighted by molar-refractivity contribution is -0.103. The first-order valence-electron chi connectivity index (χ1n) is 6.50. The Hall–Kier alpha value is -1.09. The van der Waals surface area contributed by atoms with Gasteiger partial charge >= 0.3 is 0 Å². The van der Waals surface area contributed by atoms with Crippen LogP contribution in [0.1, 0.15) is 36.9 Å². The van der Waals surface area contributed by atoms with Gasteiger partial charge < -0.3 is 18.9 Å². The lowest BCUT2D eigenvalue weighted by Crippen LogP contribution is -2.01. The second kappa shape index (κ2) is 7.96. The van der Waals surface area contributed by atoms with E-state index in [1.165, 1.54) is 22.7 Å². The topological polar surface area (TPSA) is 54.0 Å². The van der Waals surface area contributed by atoms with Gasteiger partial charge in [0.05, 0.1) is 19.5 Å². The van der Waals surface area contributed by atoms with E-state index in [1.54, 1.807) is 40.6 Å². The Balaban J connectivity index is 2.18. The zero-order valence-corrected chi connectivity index (χ0v) is 14.5. The van der Waals surface area contributed by atoms with Crippen molar-refractivity contribution in [2.45, 2.75) is 12.6 Å². The summed E-state index contributed by atoms with van der Waals surface area (Å²) in [5.74, 6) is -0.0237. The molecular weight excluding hydrogens is 324 g/mol. The van der Waals surface area contributed by atoms with Crippen LogP contribution in [0, 0.1) is 0 Å². The number of thiophene rings is 2. The van der Waals surface area contributed by atoms with Crippen LogP contribution < -0.4 is 0 Å². The number of rotatable bonds is 8. The molecule has 0 N–H and O–H groups in total. The molecular formula is C15H18O5S2. The Morgan fingerprint density at radius 2 is 1.14 bits per heavy atom. The van der Waals surface area contributed by atoms with Crippen molar-refractivity contribution in [1.29, 1.82) is 0 Å². The third-order valence-corrected chi connectivity index (χ3v) is 5.23. The highest BCUT2D eigenvalue weighted by Gasteiger charge is 2.20. The predicted molar refractivity (Wildman–Crippen MR) is 85.6 cm³/mol. The van der Waals surface area contributed by atoms with Crippen LogP contribution in [0.5, 0.6) is 0 Å². The summed E-state index contributed by atoms with van der Waals surface area (Å²) in [7, 11) is 6.26. The fraction of sp³-hybridized carbons (Fsp3) is 0.400. The first-order valence-corrected chi connectivity index (χ1v) is 8.13. The van der Waals surface area contributed by atoms with Crippen LogP contribution >= 0.6 is 22.7 Å². The molecule has 0 saturated carbocycles. The van der Waals surface area contributed by atoms with E-state index >= 15 is 0 Å². The first-order chi connectivity index (χ1) is 10.6. The molecule has 120 valence electrons. The van der Waals surface area contributed by atoms with Gasteiger partial charge in [0.1, 0.15) is 0 Å². The quantitative estimate of drug-likeness (QED) is 0.542. The zero-order valence-electron chi connectivity index (χ0n) is 12.8. The Kier molecular flexibility index (Phi) is 6.25. The molecule has 0 amide bonds. The summed E-state index contributed by atoms with van der Waals surface area (Å²) in [6.07, 6.45) is -0.895. The predicted octanol–water partition coefficient (Wildman–Crippen LogP) is 3.62. The molecule has 0 spiro atoms. The first kappa shape index (κ1) is 17.3. The minimum absolute atomic E-state index is 0.0237. The van der Waals surface area contributed by atoms with E-state index < -0.39 is 12.6 Å². The maximum Gasteiger partial charge on any atom is 0.212 e. The van der Waals surface area contributed by atoms with Crippen LogP contribution in [0.3, 0.4) is 0 Å². The van der Waals surface area contributed by atoms with Crippen LogP contribution in [0.15, 0.2) is 24.3 Å². The van der Waals surface area contributed by atoms with Gasteiger partial charge in [-0.15, -0.1) is 22.7 Å². The van der Waals surface area contributed by atoms with Crippen molar-refractivity contribution < 1.29 is 23.7 Å². The van der Waals surface area contributed by atoms with E-state index in [0.717, 1.165) is 9.75 Å². The van der Waals surface area contributed by atoms with Crippen molar-refractivity contribution in [2.24, 2.45) is 0 Å². The van der Waals surface area contributed by atoms with Gasteiger partial charge in [0.25, 0.3) is 0 Å². The average molecular weight is 342 g/mol. The van der Waals surface area contributed by atoms with Crippen LogP contribution in [-0.4, -0.2) is 34.2 Å². The second-order valence-corrected chi connectivity index (χ2v) is 6.57. The van der Waals surface area contributed by atoms with E-state index in [0.29, 0.717) is 9.75 Å². The molecule has 2 aromatic rings. The molecule has 0 unspecified atom stereocenters. The lowest BCUT2D eigenvalue weighted by atomic mass is 10.2. The molecule has 22 heavy (non-hydrogen) atoms. The highest BCUT2D eigenvalue weighted by atomic mass is 32.1. The molecule has 0 radical (unpaired) electrons. The summed E-state index contributed by atoms with van der Waals surface area (Å²) in [5, 5.41) is 0. The highest BCUT2D eigenvalue weighted by molar-refractivity contribution is 7.17. The monoisotopic (exact) mass is 342 g/mol. The summed E-state index contributed by atoms with van der Waals surface area (Å²) < 4.78 is 20.8. The summed E-state index contributed by atoms with van der Waals surface area (Å²) in [4.78, 5) is 15.5. The van der Waals surface area contributed by atoms with E-state index in [1.807, 2.05) is 12.1 Å². The van der Waals surface area contributed by atoms with Gasteiger partial charge in [-0.05, 0) is 24.3 Å². The van der Waals surface area contributed by atoms with Crippen LogP contribution in [0.4, 0.5) is 0 Å². The van der Waals surface area contributed by atoms with E-state index in [9.17, 15) is 4.79 Å². The molecule has 7 heteroatoms. The normalized spacial score (nSPS) is 11.5. The van der Waals surface area contributed by atoms with Crippen molar-refractivity contribution >= 4 is 28.5 Å². The molecule has 0 fully saturated rings. The number of carbonyl (C=O) groups is 1. The number of methoxy groups -OCH3 is 4. The second-order valence-electron chi connectivity index (χ2n) is 4.34. The van der Waals surface area contributed by atoms with Gasteiger partial charge in [-0.1, -0.05) is 0 Å². The number of ketones is 1. The molecule has 0 bridgehead atoms. The SMILES string of the molecule is COC(OC)c1ccc(C(=O)c2ccc(C(OC)OC)s2)s1. The fourth-order valence-corrected chi connectivity index (χ4v) is 4.08. The standard InChI is InChI=1S/C15H18O5S2/c1-17-14(18-2)11-7-5-9(21-11)13(16)10-6-8-12(22-10)15(19-3)20-4/h5-8,14-15H,1-4H3. The summed E-state index contributed by atoms with van der Waals surface area (Å²) >= 11 is 2.73. The Morgan fingerprint density at radius 1 is 0.773 bits per heavy atom. The molecule has 5 nitrogen and oxygen atoms in total. The van der Waals surface area contributed by atoms with Crippen molar-refractivity contribution in [3.63, 3.8) is 0 Å². The third kappa shape index (κ3) is 3.62. The third-order valence-electron chi connectivity index (χ3n) is 3.02. The molecule has 0 saturated heterocycles. The number of hydrogen-bond acceptors (Lipinski definition) is 7. The molecule has 2 rings (SSSR count). The molecule has 2 heterocycles. The summed E-state index contributed by atoms with van der Waals surface area (Å²) in [5.41, 5.74) is 0. The van der Waals surface area contributed by atoms with Crippen molar-refractivity contribution in [2.75, 3.05) is 28.4 Å². The van der Waals surface area contributed by atoms with Gasteiger partial charge in [-0.2, -0.15) is 0 Å². The molecule has 0 aromatic carbocycles. The van der Waals surface area contributed by atoms with Gasteiger partial charge in [0.15, 0.2) is 12.6 Å². The molecule has 0 aliphatic carbocycles.